The van der Waals surface area contributed by atoms with Crippen LogP contribution in [0.3, 0.4) is 0 Å². The number of thiophene rings is 1. The van der Waals surface area contributed by atoms with Gasteiger partial charge >= 0.3 is 11.9 Å². The van der Waals surface area contributed by atoms with Crippen molar-refractivity contribution in [3.05, 3.63) is 76.4 Å². The minimum absolute atomic E-state index is 0. The monoisotopic (exact) mass is 573 g/mol. The fourth-order valence-corrected chi connectivity index (χ4v) is 5.69. The van der Waals surface area contributed by atoms with E-state index in [0.29, 0.717) is 35.9 Å². The zero-order valence-electron chi connectivity index (χ0n) is 21.4. The molecule has 0 N–H and O–H groups in total. The van der Waals surface area contributed by atoms with Crippen molar-refractivity contribution in [3.8, 4) is 16.6 Å². The number of hydrogen-bond acceptors (Lipinski definition) is 8. The molecule has 10 heteroatoms. The molecule has 39 heavy (non-hydrogen) atoms. The van der Waals surface area contributed by atoms with Gasteiger partial charge in [-0.05, 0) is 49.1 Å². The lowest BCUT2D eigenvalue weighted by atomic mass is 9.95. The molecule has 2 aromatic carbocycles. The van der Waals surface area contributed by atoms with Gasteiger partial charge in [-0.25, -0.2) is 4.39 Å². The third-order valence-corrected chi connectivity index (χ3v) is 7.84. The first-order valence-electron chi connectivity index (χ1n) is 12.6. The topological polar surface area (TPSA) is 82.1 Å². The Hall–Kier alpha value is -3.27. The van der Waals surface area contributed by atoms with Crippen molar-refractivity contribution in [2.75, 3.05) is 13.7 Å². The quantitative estimate of drug-likeness (QED) is 0.228. The Morgan fingerprint density at radius 3 is 2.36 bits per heavy atom. The van der Waals surface area contributed by atoms with E-state index in [-0.39, 0.29) is 48.5 Å². The van der Waals surface area contributed by atoms with Gasteiger partial charge in [-0.2, -0.15) is 0 Å². The lowest BCUT2D eigenvalue weighted by molar-refractivity contribution is -0.140. The smallest absolute Gasteiger partial charge is 0.312 e. The van der Waals surface area contributed by atoms with Gasteiger partial charge in [0.2, 0.25) is 0 Å². The molecule has 1 aromatic heterocycles. The molecule has 1 atom stereocenters. The first-order valence-corrected chi connectivity index (χ1v) is 13.4. The Morgan fingerprint density at radius 1 is 1.00 bits per heavy atom. The molecule has 2 aliphatic rings. The van der Waals surface area contributed by atoms with E-state index in [9.17, 15) is 18.8 Å². The lowest BCUT2D eigenvalue weighted by Crippen LogP contribution is -2.38. The van der Waals surface area contributed by atoms with Gasteiger partial charge in [0.05, 0.1) is 26.0 Å². The summed E-state index contributed by atoms with van der Waals surface area (Å²) < 4.78 is 30.7. The molecule has 1 aliphatic heterocycles. The zero-order valence-corrected chi connectivity index (χ0v) is 23.0. The van der Waals surface area contributed by atoms with Crippen LogP contribution in [0.25, 0.3) is 0 Å². The highest BCUT2D eigenvalue weighted by Crippen LogP contribution is 2.41. The number of para-hydroxylation sites is 2. The molecule has 1 saturated carbocycles. The van der Waals surface area contributed by atoms with E-state index >= 15 is 0 Å². The van der Waals surface area contributed by atoms with E-state index in [1.54, 1.807) is 48.5 Å². The van der Waals surface area contributed by atoms with Crippen LogP contribution in [0.1, 0.15) is 47.7 Å². The molecule has 206 valence electrons. The third-order valence-electron chi connectivity index (χ3n) is 6.73. The second-order valence-electron chi connectivity index (χ2n) is 9.43. The Labute approximate surface area is 236 Å². The number of hydrogen-bond donors (Lipinski definition) is 0. The number of ether oxygens (including phenoxy) is 3. The molecule has 1 aliphatic carbocycles. The van der Waals surface area contributed by atoms with Crippen molar-refractivity contribution in [2.45, 2.75) is 44.7 Å². The number of esters is 2. The normalized spacial score (nSPS) is 15.4. The fraction of sp³-hybridized carbons (Fsp3) is 0.345. The fourth-order valence-electron chi connectivity index (χ4n) is 4.66. The van der Waals surface area contributed by atoms with Crippen molar-refractivity contribution in [3.63, 3.8) is 0 Å². The second kappa shape index (κ2) is 12.7. The van der Waals surface area contributed by atoms with Crippen LogP contribution in [0.15, 0.2) is 54.6 Å². The van der Waals surface area contributed by atoms with Gasteiger partial charge in [0.1, 0.15) is 5.82 Å². The SMILES string of the molecule is COc1ccccc1OC(=O)CCC(=O)Oc1cc2c(s1)CCN(C(C(=O)C1CC1)c1ccccc1F)C2.Cl. The van der Waals surface area contributed by atoms with Gasteiger partial charge in [-0.3, -0.25) is 19.3 Å². The van der Waals surface area contributed by atoms with E-state index in [4.69, 9.17) is 14.2 Å². The first kappa shape index (κ1) is 28.7. The van der Waals surface area contributed by atoms with Crippen molar-refractivity contribution < 1.29 is 33.0 Å². The van der Waals surface area contributed by atoms with Crippen molar-refractivity contribution in [2.24, 2.45) is 5.92 Å². The molecule has 0 spiro atoms. The predicted octanol–water partition coefficient (Wildman–Crippen LogP) is 5.69. The summed E-state index contributed by atoms with van der Waals surface area (Å²) in [5.41, 5.74) is 1.37. The summed E-state index contributed by atoms with van der Waals surface area (Å²) in [6.45, 7) is 1.07. The Morgan fingerprint density at radius 2 is 1.67 bits per heavy atom. The van der Waals surface area contributed by atoms with Gasteiger partial charge in [0.15, 0.2) is 22.3 Å². The molecule has 1 fully saturated rings. The number of fused-ring (bicyclic) bond motifs is 1. The molecule has 7 nitrogen and oxygen atoms in total. The molecule has 0 radical (unpaired) electrons. The van der Waals surface area contributed by atoms with Crippen LogP contribution in [0, 0.1) is 11.7 Å². The second-order valence-corrected chi connectivity index (χ2v) is 10.5. The summed E-state index contributed by atoms with van der Waals surface area (Å²) >= 11 is 1.38. The number of benzene rings is 2. The number of halogens is 2. The first-order chi connectivity index (χ1) is 18.4. The van der Waals surface area contributed by atoms with Crippen molar-refractivity contribution >= 4 is 41.5 Å². The summed E-state index contributed by atoms with van der Waals surface area (Å²) in [6, 6.07) is 14.4. The standard InChI is InChI=1S/C29H28FNO6S.ClH/c1-35-22-8-4-5-9-23(22)36-25(32)12-13-26(33)37-27-16-19-17-31(15-14-24(19)38-27)28(29(34)18-10-11-18)20-6-2-3-7-21(20)30;/h2-9,16,18,28H,10-15,17H2,1H3;1H. The van der Waals surface area contributed by atoms with Crippen LogP contribution >= 0.6 is 23.7 Å². The molecule has 0 bridgehead atoms. The van der Waals surface area contributed by atoms with Crippen LogP contribution in [0.5, 0.6) is 16.6 Å². The number of rotatable bonds is 10. The highest BCUT2D eigenvalue weighted by Gasteiger charge is 2.40. The minimum atomic E-state index is -0.628. The van der Waals surface area contributed by atoms with Crippen LogP contribution in [-0.4, -0.2) is 36.3 Å². The highest BCUT2D eigenvalue weighted by molar-refractivity contribution is 7.14. The molecular formula is C29H29ClFNO6S. The summed E-state index contributed by atoms with van der Waals surface area (Å²) in [5, 5.41) is 0.441. The number of carbonyl (C=O) groups excluding carboxylic acids is 3. The molecule has 0 amide bonds. The van der Waals surface area contributed by atoms with E-state index in [0.717, 1.165) is 23.3 Å². The average molecular weight is 574 g/mol. The van der Waals surface area contributed by atoms with Gasteiger partial charge in [0, 0.05) is 29.4 Å². The zero-order chi connectivity index (χ0) is 26.6. The largest absolute Gasteiger partial charge is 0.493 e. The van der Waals surface area contributed by atoms with Crippen LogP contribution < -0.4 is 14.2 Å². The maximum absolute atomic E-state index is 14.7. The van der Waals surface area contributed by atoms with Gasteiger partial charge in [-0.15, -0.1) is 23.7 Å². The summed E-state index contributed by atoms with van der Waals surface area (Å²) in [4.78, 5) is 40.9. The minimum Gasteiger partial charge on any atom is -0.493 e. The maximum atomic E-state index is 14.7. The predicted molar refractivity (Wildman–Crippen MR) is 146 cm³/mol. The molecule has 1 unspecified atom stereocenters. The van der Waals surface area contributed by atoms with Crippen molar-refractivity contribution in [1.82, 2.24) is 4.90 Å². The van der Waals surface area contributed by atoms with E-state index in [1.165, 1.54) is 24.5 Å². The summed E-state index contributed by atoms with van der Waals surface area (Å²) in [6.07, 6.45) is 2.12. The van der Waals surface area contributed by atoms with Gasteiger partial charge in [-0.1, -0.05) is 30.3 Å². The molecule has 2 heterocycles. The van der Waals surface area contributed by atoms with E-state index in [2.05, 4.69) is 0 Å². The highest BCUT2D eigenvalue weighted by atomic mass is 35.5. The number of carbonyl (C=O) groups is 3. The summed E-state index contributed by atoms with van der Waals surface area (Å²) in [5.74, 6) is -0.690. The molecule has 0 saturated heterocycles. The number of ketones is 1. The molecule has 5 rings (SSSR count). The number of Topliss-reactive ketones (excluding diaryl/α,β-unsaturated/α-hetero) is 1. The number of nitrogens with zero attached hydrogens (tertiary/aromatic N) is 1. The molecular weight excluding hydrogens is 545 g/mol. The van der Waals surface area contributed by atoms with Crippen LogP contribution in [0.4, 0.5) is 4.39 Å². The lowest BCUT2D eigenvalue weighted by Gasteiger charge is -2.34. The van der Waals surface area contributed by atoms with Crippen molar-refractivity contribution in [1.29, 1.82) is 0 Å². The Bertz CT molecular complexity index is 1360. The van der Waals surface area contributed by atoms with Crippen LogP contribution in [0.2, 0.25) is 0 Å². The third kappa shape index (κ3) is 6.84. The molecule has 3 aromatic rings. The average Bonchev–Trinajstić information content (AvgIpc) is 3.69. The van der Waals surface area contributed by atoms with Gasteiger partial charge in [0.25, 0.3) is 0 Å². The van der Waals surface area contributed by atoms with Crippen LogP contribution in [-0.2, 0) is 27.3 Å². The van der Waals surface area contributed by atoms with E-state index < -0.39 is 18.0 Å². The summed E-state index contributed by atoms with van der Waals surface area (Å²) in [7, 11) is 1.48. The Kier molecular flexibility index (Phi) is 9.37. The maximum Gasteiger partial charge on any atom is 0.312 e. The van der Waals surface area contributed by atoms with E-state index in [1.807, 2.05) is 4.90 Å². The Balaban J connectivity index is 0.00000353. The number of methoxy groups -OCH3 is 1. The van der Waals surface area contributed by atoms with Gasteiger partial charge < -0.3 is 14.2 Å².